The van der Waals surface area contributed by atoms with E-state index in [1.165, 1.54) is 6.20 Å². The van der Waals surface area contributed by atoms with Crippen LogP contribution in [0.15, 0.2) is 15.4 Å². The Morgan fingerprint density at radius 2 is 2.31 bits per heavy atom. The topological polar surface area (TPSA) is 52.1 Å². The van der Waals surface area contributed by atoms with E-state index in [0.29, 0.717) is 15.8 Å². The van der Waals surface area contributed by atoms with Crippen LogP contribution in [0.2, 0.25) is 0 Å². The zero-order valence-electron chi connectivity index (χ0n) is 6.75. The molecular weight excluding hydrogens is 304 g/mol. The lowest BCUT2D eigenvalue weighted by Crippen LogP contribution is -2.08. The Labute approximate surface area is 92.0 Å². The molecule has 0 fully saturated rings. The molecule has 0 amide bonds. The number of hydrogen-bond donors (Lipinski definition) is 0. The second-order valence-corrected chi connectivity index (χ2v) is 3.62. The third-order valence-corrected chi connectivity index (χ3v) is 2.10. The summed E-state index contributed by atoms with van der Waals surface area (Å²) in [6.07, 6.45) is 1.44. The average molecular weight is 310 g/mol. The van der Waals surface area contributed by atoms with E-state index in [0.717, 1.165) is 0 Å². The molecule has 0 unspecified atom stereocenters. The van der Waals surface area contributed by atoms with Crippen molar-refractivity contribution < 1.29 is 9.53 Å². The van der Waals surface area contributed by atoms with Gasteiger partial charge in [0.25, 0.3) is 0 Å². The van der Waals surface area contributed by atoms with Crippen molar-refractivity contribution in [1.82, 2.24) is 9.97 Å². The molecule has 1 aromatic heterocycles. The van der Waals surface area contributed by atoms with Crippen molar-refractivity contribution in [3.63, 3.8) is 0 Å². The van der Waals surface area contributed by atoms with E-state index in [1.54, 1.807) is 6.92 Å². The Morgan fingerprint density at radius 1 is 1.62 bits per heavy atom. The van der Waals surface area contributed by atoms with Crippen molar-refractivity contribution in [2.24, 2.45) is 0 Å². The summed E-state index contributed by atoms with van der Waals surface area (Å²) >= 11 is 6.24. The van der Waals surface area contributed by atoms with Gasteiger partial charge in [-0.2, -0.15) is 0 Å². The van der Waals surface area contributed by atoms with Crippen molar-refractivity contribution in [2.75, 3.05) is 6.61 Å². The van der Waals surface area contributed by atoms with Gasteiger partial charge in [-0.3, -0.25) is 0 Å². The third kappa shape index (κ3) is 2.73. The SMILES string of the molecule is CCOC(=O)c1ncc(Br)nc1Br. The first-order valence-corrected chi connectivity index (χ1v) is 5.09. The highest BCUT2D eigenvalue weighted by Crippen LogP contribution is 2.15. The monoisotopic (exact) mass is 308 g/mol. The molecule has 6 heteroatoms. The maximum absolute atomic E-state index is 11.2. The van der Waals surface area contributed by atoms with Gasteiger partial charge in [0.15, 0.2) is 5.69 Å². The van der Waals surface area contributed by atoms with E-state index in [-0.39, 0.29) is 5.69 Å². The summed E-state index contributed by atoms with van der Waals surface area (Å²) < 4.78 is 5.70. The van der Waals surface area contributed by atoms with Crippen LogP contribution in [0.5, 0.6) is 0 Å². The molecule has 0 N–H and O–H groups in total. The molecule has 1 aromatic rings. The van der Waals surface area contributed by atoms with Gasteiger partial charge in [0.2, 0.25) is 0 Å². The minimum atomic E-state index is -0.477. The van der Waals surface area contributed by atoms with Gasteiger partial charge in [-0.1, -0.05) is 0 Å². The molecule has 0 bridgehead atoms. The van der Waals surface area contributed by atoms with Gasteiger partial charge in [0.05, 0.1) is 12.8 Å². The average Bonchev–Trinajstić information content (AvgIpc) is 2.04. The van der Waals surface area contributed by atoms with Crippen molar-refractivity contribution >= 4 is 37.8 Å². The highest BCUT2D eigenvalue weighted by atomic mass is 79.9. The lowest BCUT2D eigenvalue weighted by atomic mass is 10.4. The number of hydrogen-bond acceptors (Lipinski definition) is 4. The quantitative estimate of drug-likeness (QED) is 0.786. The second kappa shape index (κ2) is 4.66. The molecule has 0 saturated carbocycles. The van der Waals surface area contributed by atoms with Crippen molar-refractivity contribution in [3.8, 4) is 0 Å². The first kappa shape index (κ1) is 10.6. The highest BCUT2D eigenvalue weighted by molar-refractivity contribution is 9.11. The molecular formula is C7H6Br2N2O2. The lowest BCUT2D eigenvalue weighted by Gasteiger charge is -2.01. The number of carbonyl (C=O) groups excluding carboxylic acids is 1. The van der Waals surface area contributed by atoms with Gasteiger partial charge in [0, 0.05) is 0 Å². The molecule has 4 nitrogen and oxygen atoms in total. The van der Waals surface area contributed by atoms with Crippen molar-refractivity contribution in [3.05, 3.63) is 21.1 Å². The van der Waals surface area contributed by atoms with Crippen LogP contribution < -0.4 is 0 Å². The van der Waals surface area contributed by atoms with Gasteiger partial charge in [-0.15, -0.1) is 0 Å². The van der Waals surface area contributed by atoms with E-state index < -0.39 is 5.97 Å². The molecule has 1 heterocycles. The van der Waals surface area contributed by atoms with Crippen LogP contribution in [-0.4, -0.2) is 22.5 Å². The standard InChI is InChI=1S/C7H6Br2N2O2/c1-2-13-7(12)5-6(9)11-4(8)3-10-5/h3H,2H2,1H3. The number of esters is 1. The maximum Gasteiger partial charge on any atom is 0.359 e. The van der Waals surface area contributed by atoms with Crippen LogP contribution in [0, 0.1) is 0 Å². The number of nitrogens with zero attached hydrogens (tertiary/aromatic N) is 2. The van der Waals surface area contributed by atoms with Crippen LogP contribution in [0.3, 0.4) is 0 Å². The number of halogens is 2. The lowest BCUT2D eigenvalue weighted by molar-refractivity contribution is 0.0517. The first-order chi connectivity index (χ1) is 6.15. The minimum Gasteiger partial charge on any atom is -0.461 e. The summed E-state index contributed by atoms with van der Waals surface area (Å²) in [7, 11) is 0. The molecule has 0 radical (unpaired) electrons. The second-order valence-electron chi connectivity index (χ2n) is 2.05. The summed E-state index contributed by atoms with van der Waals surface area (Å²) in [6, 6.07) is 0. The summed E-state index contributed by atoms with van der Waals surface area (Å²) in [5, 5.41) is 0. The molecule has 0 aliphatic carbocycles. The van der Waals surface area contributed by atoms with Crippen LogP contribution >= 0.6 is 31.9 Å². The zero-order chi connectivity index (χ0) is 9.84. The fraction of sp³-hybridized carbons (Fsp3) is 0.286. The Bertz CT molecular complexity index is 330. The van der Waals surface area contributed by atoms with Crippen LogP contribution in [-0.2, 0) is 4.74 Å². The molecule has 13 heavy (non-hydrogen) atoms. The van der Waals surface area contributed by atoms with Gasteiger partial charge < -0.3 is 4.74 Å². The molecule has 0 aliphatic heterocycles. The molecule has 0 spiro atoms. The molecule has 0 saturated heterocycles. The van der Waals surface area contributed by atoms with Crippen LogP contribution in [0.25, 0.3) is 0 Å². The Kier molecular flexibility index (Phi) is 3.80. The van der Waals surface area contributed by atoms with E-state index in [2.05, 4.69) is 41.8 Å². The maximum atomic E-state index is 11.2. The highest BCUT2D eigenvalue weighted by Gasteiger charge is 2.13. The smallest absolute Gasteiger partial charge is 0.359 e. The predicted octanol–water partition coefficient (Wildman–Crippen LogP) is 2.18. The molecule has 0 aromatic carbocycles. The van der Waals surface area contributed by atoms with Crippen molar-refractivity contribution in [1.29, 1.82) is 0 Å². The third-order valence-electron chi connectivity index (χ3n) is 1.17. The van der Waals surface area contributed by atoms with Crippen LogP contribution in [0.4, 0.5) is 0 Å². The number of aromatic nitrogens is 2. The Hall–Kier alpha value is -0.490. The van der Waals surface area contributed by atoms with E-state index in [1.807, 2.05) is 0 Å². The summed E-state index contributed by atoms with van der Waals surface area (Å²) in [6.45, 7) is 2.06. The number of carbonyl (C=O) groups is 1. The molecule has 70 valence electrons. The van der Waals surface area contributed by atoms with Crippen molar-refractivity contribution in [2.45, 2.75) is 6.92 Å². The predicted molar refractivity (Wildman–Crippen MR) is 53.4 cm³/mol. The van der Waals surface area contributed by atoms with Crippen LogP contribution in [0.1, 0.15) is 17.4 Å². The normalized spacial score (nSPS) is 9.77. The fourth-order valence-corrected chi connectivity index (χ4v) is 1.66. The van der Waals surface area contributed by atoms with Gasteiger partial charge in [-0.25, -0.2) is 14.8 Å². The van der Waals surface area contributed by atoms with E-state index in [9.17, 15) is 4.79 Å². The van der Waals surface area contributed by atoms with Gasteiger partial charge in [-0.05, 0) is 38.8 Å². The summed E-state index contributed by atoms with van der Waals surface area (Å²) in [5.41, 5.74) is 0.185. The fourth-order valence-electron chi connectivity index (χ4n) is 0.683. The van der Waals surface area contributed by atoms with E-state index >= 15 is 0 Å². The molecule has 1 rings (SSSR count). The summed E-state index contributed by atoms with van der Waals surface area (Å²) in [4.78, 5) is 19.0. The summed E-state index contributed by atoms with van der Waals surface area (Å²) in [5.74, 6) is -0.477. The number of rotatable bonds is 2. The number of ether oxygens (including phenoxy) is 1. The first-order valence-electron chi connectivity index (χ1n) is 3.50. The zero-order valence-corrected chi connectivity index (χ0v) is 9.92. The Morgan fingerprint density at radius 3 is 2.85 bits per heavy atom. The molecule has 0 aliphatic rings. The molecule has 0 atom stereocenters. The van der Waals surface area contributed by atoms with E-state index in [4.69, 9.17) is 4.74 Å². The largest absolute Gasteiger partial charge is 0.461 e. The van der Waals surface area contributed by atoms with Gasteiger partial charge in [0.1, 0.15) is 9.21 Å². The Balaban J connectivity index is 2.95. The van der Waals surface area contributed by atoms with Gasteiger partial charge >= 0.3 is 5.97 Å². The minimum absolute atomic E-state index is 0.185.